The van der Waals surface area contributed by atoms with Gasteiger partial charge in [0.15, 0.2) is 0 Å². The molecule has 0 bridgehead atoms. The summed E-state index contributed by atoms with van der Waals surface area (Å²) >= 11 is 0. The van der Waals surface area contributed by atoms with Crippen molar-refractivity contribution in [3.05, 3.63) is 0 Å². The molecule has 1 rings (SSSR count). The van der Waals surface area contributed by atoms with Gasteiger partial charge in [0, 0.05) is 32.2 Å². The van der Waals surface area contributed by atoms with E-state index in [0.717, 1.165) is 26.2 Å². The first-order valence-corrected chi connectivity index (χ1v) is 6.27. The normalized spacial score (nSPS) is 21.9. The van der Waals surface area contributed by atoms with Crippen molar-refractivity contribution >= 4 is 5.91 Å². The number of piperazine rings is 1. The van der Waals surface area contributed by atoms with Gasteiger partial charge >= 0.3 is 0 Å². The van der Waals surface area contributed by atoms with Crippen LogP contribution in [0.25, 0.3) is 0 Å². The second-order valence-electron chi connectivity index (χ2n) is 4.67. The average molecular weight is 228 g/mol. The highest BCUT2D eigenvalue weighted by Crippen LogP contribution is 2.11. The maximum Gasteiger partial charge on any atom is 0.251 e. The number of carbonyl (C=O) groups excluding carboxylic acids is 1. The minimum absolute atomic E-state index is 0.136. The smallest absolute Gasteiger partial charge is 0.251 e. The molecule has 1 aliphatic rings. The molecule has 0 radical (unpaired) electrons. The fourth-order valence-corrected chi connectivity index (χ4v) is 2.25. The van der Waals surface area contributed by atoms with Crippen LogP contribution in [-0.2, 0) is 4.79 Å². The van der Waals surface area contributed by atoms with E-state index < -0.39 is 6.10 Å². The molecule has 0 unspecified atom stereocenters. The molecule has 2 atom stereocenters. The molecule has 0 aliphatic carbocycles. The molecule has 1 aliphatic heterocycles. The Bertz CT molecular complexity index is 223. The van der Waals surface area contributed by atoms with Crippen molar-refractivity contribution in [1.29, 1.82) is 0 Å². The van der Waals surface area contributed by atoms with Gasteiger partial charge in [-0.1, -0.05) is 13.3 Å². The maximum atomic E-state index is 11.6. The molecule has 1 fully saturated rings. The molecule has 1 heterocycles. The van der Waals surface area contributed by atoms with E-state index in [2.05, 4.69) is 18.7 Å². The highest BCUT2D eigenvalue weighted by molar-refractivity contribution is 5.80. The first-order valence-electron chi connectivity index (χ1n) is 6.27. The van der Waals surface area contributed by atoms with Crippen LogP contribution in [0.1, 0.15) is 33.6 Å². The summed E-state index contributed by atoms with van der Waals surface area (Å²) in [5.41, 5.74) is 0. The Kier molecular flexibility index (Phi) is 5.22. The van der Waals surface area contributed by atoms with Gasteiger partial charge in [0.25, 0.3) is 5.91 Å². The number of amides is 1. The van der Waals surface area contributed by atoms with Crippen molar-refractivity contribution in [2.24, 2.45) is 0 Å². The fourth-order valence-electron chi connectivity index (χ4n) is 2.25. The van der Waals surface area contributed by atoms with E-state index in [-0.39, 0.29) is 5.91 Å². The third-order valence-corrected chi connectivity index (χ3v) is 3.31. The van der Waals surface area contributed by atoms with Crippen LogP contribution in [0.15, 0.2) is 0 Å². The largest absolute Gasteiger partial charge is 0.384 e. The molecule has 1 saturated heterocycles. The summed E-state index contributed by atoms with van der Waals surface area (Å²) in [6.45, 7) is 9.34. The van der Waals surface area contributed by atoms with Gasteiger partial charge in [-0.25, -0.2) is 0 Å². The molecule has 4 heteroatoms. The van der Waals surface area contributed by atoms with E-state index in [1.54, 1.807) is 4.90 Å². The van der Waals surface area contributed by atoms with Crippen molar-refractivity contribution in [2.45, 2.75) is 45.8 Å². The second kappa shape index (κ2) is 6.21. The molecule has 4 nitrogen and oxygen atoms in total. The van der Waals surface area contributed by atoms with Crippen molar-refractivity contribution in [2.75, 3.05) is 26.2 Å². The van der Waals surface area contributed by atoms with E-state index in [1.165, 1.54) is 19.8 Å². The Morgan fingerprint density at radius 2 is 1.81 bits per heavy atom. The van der Waals surface area contributed by atoms with Gasteiger partial charge in [0.2, 0.25) is 0 Å². The molecule has 1 amide bonds. The molecular formula is C12H24N2O2. The van der Waals surface area contributed by atoms with E-state index in [9.17, 15) is 9.90 Å². The van der Waals surface area contributed by atoms with E-state index in [0.29, 0.717) is 6.04 Å². The summed E-state index contributed by atoms with van der Waals surface area (Å²) in [7, 11) is 0. The Hall–Kier alpha value is -0.610. The van der Waals surface area contributed by atoms with Crippen molar-refractivity contribution in [3.8, 4) is 0 Å². The second-order valence-corrected chi connectivity index (χ2v) is 4.67. The molecule has 0 aromatic carbocycles. The number of nitrogens with zero attached hydrogens (tertiary/aromatic N) is 2. The summed E-state index contributed by atoms with van der Waals surface area (Å²) < 4.78 is 0. The molecule has 0 aromatic rings. The molecule has 1 N–H and O–H groups in total. The Morgan fingerprint density at radius 3 is 2.25 bits per heavy atom. The van der Waals surface area contributed by atoms with Crippen LogP contribution >= 0.6 is 0 Å². The maximum absolute atomic E-state index is 11.6. The summed E-state index contributed by atoms with van der Waals surface area (Å²) in [5, 5.41) is 9.23. The summed E-state index contributed by atoms with van der Waals surface area (Å²) in [4.78, 5) is 15.7. The zero-order valence-corrected chi connectivity index (χ0v) is 10.6. The van der Waals surface area contributed by atoms with Gasteiger partial charge in [-0.3, -0.25) is 9.69 Å². The van der Waals surface area contributed by atoms with Crippen molar-refractivity contribution in [1.82, 2.24) is 9.80 Å². The molecule has 16 heavy (non-hydrogen) atoms. The highest BCUT2D eigenvalue weighted by atomic mass is 16.3. The molecule has 94 valence electrons. The third kappa shape index (κ3) is 3.46. The van der Waals surface area contributed by atoms with Crippen LogP contribution in [0.5, 0.6) is 0 Å². The minimum atomic E-state index is -0.861. The fraction of sp³-hybridized carbons (Fsp3) is 0.917. The number of hydrogen-bond donors (Lipinski definition) is 1. The predicted molar refractivity (Wildman–Crippen MR) is 64.2 cm³/mol. The van der Waals surface area contributed by atoms with Gasteiger partial charge in [-0.2, -0.15) is 0 Å². The van der Waals surface area contributed by atoms with Gasteiger partial charge in [0.05, 0.1) is 0 Å². The first kappa shape index (κ1) is 13.5. The zero-order valence-electron chi connectivity index (χ0n) is 10.6. The van der Waals surface area contributed by atoms with Crippen LogP contribution in [0.4, 0.5) is 0 Å². The first-order chi connectivity index (χ1) is 7.56. The summed E-state index contributed by atoms with van der Waals surface area (Å²) in [6.07, 6.45) is 1.55. The van der Waals surface area contributed by atoms with E-state index >= 15 is 0 Å². The average Bonchev–Trinajstić information content (AvgIpc) is 2.28. The van der Waals surface area contributed by atoms with Crippen LogP contribution < -0.4 is 0 Å². The number of hydrogen-bond acceptors (Lipinski definition) is 3. The summed E-state index contributed by atoms with van der Waals surface area (Å²) in [6, 6.07) is 0.605. The Morgan fingerprint density at radius 1 is 1.25 bits per heavy atom. The lowest BCUT2D eigenvalue weighted by Crippen LogP contribution is -2.53. The minimum Gasteiger partial charge on any atom is -0.384 e. The molecule has 0 saturated carbocycles. The molecule has 0 spiro atoms. The zero-order chi connectivity index (χ0) is 12.1. The topological polar surface area (TPSA) is 43.8 Å². The lowest BCUT2D eigenvalue weighted by molar-refractivity contribution is -0.141. The number of aliphatic hydroxyl groups is 1. The van der Waals surface area contributed by atoms with Crippen LogP contribution in [0.3, 0.4) is 0 Å². The lowest BCUT2D eigenvalue weighted by Gasteiger charge is -2.38. The SMILES string of the molecule is CCC[C@H](C)N1CCN(C(=O)[C@H](C)O)CC1. The van der Waals surface area contributed by atoms with Crippen LogP contribution in [-0.4, -0.2) is 59.1 Å². The van der Waals surface area contributed by atoms with Crippen LogP contribution in [0, 0.1) is 0 Å². The van der Waals surface area contributed by atoms with Gasteiger partial charge in [-0.05, 0) is 20.3 Å². The van der Waals surface area contributed by atoms with Gasteiger partial charge in [-0.15, -0.1) is 0 Å². The van der Waals surface area contributed by atoms with E-state index in [4.69, 9.17) is 0 Å². The van der Waals surface area contributed by atoms with Gasteiger partial charge < -0.3 is 10.0 Å². The highest BCUT2D eigenvalue weighted by Gasteiger charge is 2.25. The number of rotatable bonds is 4. The van der Waals surface area contributed by atoms with E-state index in [1.807, 2.05) is 0 Å². The summed E-state index contributed by atoms with van der Waals surface area (Å²) in [5.74, 6) is -0.136. The number of carbonyl (C=O) groups is 1. The third-order valence-electron chi connectivity index (χ3n) is 3.31. The van der Waals surface area contributed by atoms with Crippen molar-refractivity contribution < 1.29 is 9.90 Å². The Balaban J connectivity index is 2.36. The number of aliphatic hydroxyl groups excluding tert-OH is 1. The van der Waals surface area contributed by atoms with Crippen molar-refractivity contribution in [3.63, 3.8) is 0 Å². The monoisotopic (exact) mass is 228 g/mol. The standard InChI is InChI=1S/C12H24N2O2/c1-4-5-10(2)13-6-8-14(9-7-13)12(16)11(3)15/h10-11,15H,4-9H2,1-3H3/t10-,11-/m0/s1. The molecular weight excluding hydrogens is 204 g/mol. The van der Waals surface area contributed by atoms with Crippen LogP contribution in [0.2, 0.25) is 0 Å². The van der Waals surface area contributed by atoms with Gasteiger partial charge in [0.1, 0.15) is 6.10 Å². The lowest BCUT2D eigenvalue weighted by atomic mass is 10.1. The quantitative estimate of drug-likeness (QED) is 0.770. The Labute approximate surface area is 98.2 Å². The predicted octanol–water partition coefficient (Wildman–Crippen LogP) is 0.700. The molecule has 0 aromatic heterocycles.